The van der Waals surface area contributed by atoms with Gasteiger partial charge in [-0.25, -0.2) is 9.18 Å². The van der Waals surface area contributed by atoms with Gasteiger partial charge in [0.2, 0.25) is 0 Å². The zero-order chi connectivity index (χ0) is 20.7. The van der Waals surface area contributed by atoms with Crippen LogP contribution in [0.4, 0.5) is 14.9 Å². The smallest absolute Gasteiger partial charge is 0.322 e. The number of carbonyl (C=O) groups excluding carboxylic acids is 1. The molecule has 1 unspecified atom stereocenters. The zero-order valence-electron chi connectivity index (χ0n) is 16.7. The van der Waals surface area contributed by atoms with Crippen molar-refractivity contribution in [3.8, 4) is 0 Å². The van der Waals surface area contributed by atoms with Crippen molar-refractivity contribution in [2.75, 3.05) is 11.9 Å². The van der Waals surface area contributed by atoms with Crippen molar-refractivity contribution in [3.63, 3.8) is 0 Å². The number of carbonyl (C=O) groups is 1. The van der Waals surface area contributed by atoms with E-state index in [2.05, 4.69) is 16.4 Å². The summed E-state index contributed by atoms with van der Waals surface area (Å²) < 4.78 is 14.9. The van der Waals surface area contributed by atoms with Gasteiger partial charge in [0.05, 0.1) is 0 Å². The summed E-state index contributed by atoms with van der Waals surface area (Å²) in [6, 6.07) is 21.7. The van der Waals surface area contributed by atoms with Crippen LogP contribution in [0.15, 0.2) is 72.8 Å². The number of urea groups is 1. The number of nitrogens with one attached hydrogen (secondary N) is 2. The van der Waals surface area contributed by atoms with Gasteiger partial charge in [0.25, 0.3) is 0 Å². The second kappa shape index (κ2) is 7.34. The molecule has 5 heteroatoms. The Balaban J connectivity index is 1.59. The van der Waals surface area contributed by atoms with E-state index in [1.54, 1.807) is 17.0 Å². The Kier molecular flexibility index (Phi) is 4.51. The average Bonchev–Trinajstić information content (AvgIpc) is 3.14. The molecule has 1 aliphatic heterocycles. The molecule has 2 heterocycles. The summed E-state index contributed by atoms with van der Waals surface area (Å²) in [6.45, 7) is 2.51. The van der Waals surface area contributed by atoms with Gasteiger partial charge in [-0.05, 0) is 43.2 Å². The molecule has 0 radical (unpaired) electrons. The van der Waals surface area contributed by atoms with Crippen molar-refractivity contribution in [3.05, 3.63) is 101 Å². The standard InChI is InChI=1S/C25H22FN3O/c1-16-10-12-17(13-11-16)27-25(30)29-15-14-19-18-6-3-5-9-22(18)28-23(19)24(29)20-7-2-4-8-21(20)26/h2-13,24,28H,14-15H2,1H3,(H,27,30). The van der Waals surface area contributed by atoms with E-state index < -0.39 is 6.04 Å². The molecule has 1 aromatic heterocycles. The van der Waals surface area contributed by atoms with Gasteiger partial charge < -0.3 is 15.2 Å². The van der Waals surface area contributed by atoms with Crippen molar-refractivity contribution in [2.24, 2.45) is 0 Å². The summed E-state index contributed by atoms with van der Waals surface area (Å²) in [5.41, 5.74) is 5.37. The van der Waals surface area contributed by atoms with E-state index in [1.807, 2.05) is 55.5 Å². The Morgan fingerprint density at radius 1 is 1.03 bits per heavy atom. The van der Waals surface area contributed by atoms with Crippen molar-refractivity contribution >= 4 is 22.6 Å². The fourth-order valence-electron chi connectivity index (χ4n) is 4.31. The number of para-hydroxylation sites is 1. The number of aromatic nitrogens is 1. The van der Waals surface area contributed by atoms with E-state index in [4.69, 9.17) is 0 Å². The van der Waals surface area contributed by atoms with Crippen LogP contribution >= 0.6 is 0 Å². The molecule has 4 nitrogen and oxygen atoms in total. The number of rotatable bonds is 2. The maximum absolute atomic E-state index is 14.9. The highest BCUT2D eigenvalue weighted by Gasteiger charge is 2.35. The highest BCUT2D eigenvalue weighted by molar-refractivity contribution is 5.91. The number of halogens is 1. The summed E-state index contributed by atoms with van der Waals surface area (Å²) in [4.78, 5) is 18.4. The minimum Gasteiger partial charge on any atom is -0.356 e. The minimum absolute atomic E-state index is 0.239. The molecule has 0 fully saturated rings. The molecule has 1 atom stereocenters. The minimum atomic E-state index is -0.521. The summed E-state index contributed by atoms with van der Waals surface area (Å²) in [6.07, 6.45) is 0.714. The molecule has 0 bridgehead atoms. The molecule has 0 saturated carbocycles. The normalized spacial score (nSPS) is 15.8. The summed E-state index contributed by atoms with van der Waals surface area (Å²) in [5.74, 6) is -0.317. The third kappa shape index (κ3) is 3.12. The number of benzene rings is 3. The molecule has 1 aliphatic rings. The molecule has 5 rings (SSSR count). The number of hydrogen-bond acceptors (Lipinski definition) is 1. The van der Waals surface area contributed by atoms with Crippen molar-refractivity contribution in [1.82, 2.24) is 9.88 Å². The van der Waals surface area contributed by atoms with Crippen LogP contribution in [0.2, 0.25) is 0 Å². The Hall–Kier alpha value is -3.60. The predicted octanol–water partition coefficient (Wildman–Crippen LogP) is 5.80. The Morgan fingerprint density at radius 3 is 2.57 bits per heavy atom. The van der Waals surface area contributed by atoms with Crippen LogP contribution in [-0.4, -0.2) is 22.5 Å². The van der Waals surface area contributed by atoms with Gasteiger partial charge in [-0.2, -0.15) is 0 Å². The highest BCUT2D eigenvalue weighted by Crippen LogP contribution is 2.39. The first-order valence-electron chi connectivity index (χ1n) is 10.1. The highest BCUT2D eigenvalue weighted by atomic mass is 19.1. The van der Waals surface area contributed by atoms with E-state index in [1.165, 1.54) is 6.07 Å². The molecule has 2 N–H and O–H groups in total. The van der Waals surface area contributed by atoms with Gasteiger partial charge in [0, 0.05) is 34.4 Å². The van der Waals surface area contributed by atoms with Crippen LogP contribution in [0.3, 0.4) is 0 Å². The molecule has 0 aliphatic carbocycles. The van der Waals surface area contributed by atoms with Gasteiger partial charge in [-0.3, -0.25) is 0 Å². The van der Waals surface area contributed by atoms with E-state index >= 15 is 0 Å². The SMILES string of the molecule is Cc1ccc(NC(=O)N2CCc3c([nH]c4ccccc34)C2c2ccccc2F)cc1. The Bertz CT molecular complexity index is 1230. The molecule has 4 aromatic rings. The molecular weight excluding hydrogens is 377 g/mol. The van der Waals surface area contributed by atoms with E-state index in [-0.39, 0.29) is 11.8 Å². The van der Waals surface area contributed by atoms with Gasteiger partial charge in [-0.15, -0.1) is 0 Å². The number of aromatic amines is 1. The molecule has 0 saturated heterocycles. The second-order valence-electron chi connectivity index (χ2n) is 7.73. The number of amides is 2. The van der Waals surface area contributed by atoms with Gasteiger partial charge in [-0.1, -0.05) is 54.1 Å². The number of nitrogens with zero attached hydrogens (tertiary/aromatic N) is 1. The topological polar surface area (TPSA) is 48.1 Å². The fraction of sp³-hybridized carbons (Fsp3) is 0.160. The second-order valence-corrected chi connectivity index (χ2v) is 7.73. The number of aryl methyl sites for hydroxylation is 1. The maximum Gasteiger partial charge on any atom is 0.322 e. The third-order valence-corrected chi connectivity index (χ3v) is 5.80. The molecule has 0 spiro atoms. The summed E-state index contributed by atoms with van der Waals surface area (Å²) in [7, 11) is 0. The lowest BCUT2D eigenvalue weighted by Gasteiger charge is -2.36. The van der Waals surface area contributed by atoms with Crippen LogP contribution < -0.4 is 5.32 Å². The summed E-state index contributed by atoms with van der Waals surface area (Å²) >= 11 is 0. The lowest BCUT2D eigenvalue weighted by atomic mass is 9.92. The van der Waals surface area contributed by atoms with Crippen LogP contribution in [0.25, 0.3) is 10.9 Å². The van der Waals surface area contributed by atoms with Crippen LogP contribution in [-0.2, 0) is 6.42 Å². The monoisotopic (exact) mass is 399 g/mol. The number of anilines is 1. The predicted molar refractivity (Wildman–Crippen MR) is 117 cm³/mol. The zero-order valence-corrected chi connectivity index (χ0v) is 16.7. The Labute approximate surface area is 174 Å². The van der Waals surface area contributed by atoms with Crippen LogP contribution in [0.5, 0.6) is 0 Å². The number of H-pyrrole nitrogens is 1. The largest absolute Gasteiger partial charge is 0.356 e. The molecule has 3 aromatic carbocycles. The molecule has 150 valence electrons. The average molecular weight is 399 g/mol. The third-order valence-electron chi connectivity index (χ3n) is 5.80. The number of fused-ring (bicyclic) bond motifs is 3. The van der Waals surface area contributed by atoms with E-state index in [9.17, 15) is 9.18 Å². The molecule has 30 heavy (non-hydrogen) atoms. The first kappa shape index (κ1) is 18.4. The molecular formula is C25H22FN3O. The van der Waals surface area contributed by atoms with E-state index in [0.717, 1.165) is 33.4 Å². The van der Waals surface area contributed by atoms with Crippen LogP contribution in [0, 0.1) is 12.7 Å². The first-order chi connectivity index (χ1) is 14.6. The Morgan fingerprint density at radius 2 is 1.77 bits per heavy atom. The fourth-order valence-corrected chi connectivity index (χ4v) is 4.31. The first-order valence-corrected chi connectivity index (χ1v) is 10.1. The maximum atomic E-state index is 14.9. The van der Waals surface area contributed by atoms with Gasteiger partial charge in [0.15, 0.2) is 0 Å². The van der Waals surface area contributed by atoms with E-state index in [0.29, 0.717) is 18.5 Å². The van der Waals surface area contributed by atoms with Gasteiger partial charge in [0.1, 0.15) is 11.9 Å². The number of hydrogen-bond donors (Lipinski definition) is 2. The molecule has 2 amide bonds. The van der Waals surface area contributed by atoms with Crippen molar-refractivity contribution in [2.45, 2.75) is 19.4 Å². The van der Waals surface area contributed by atoms with Gasteiger partial charge >= 0.3 is 6.03 Å². The summed E-state index contributed by atoms with van der Waals surface area (Å²) in [5, 5.41) is 4.11. The lowest BCUT2D eigenvalue weighted by Crippen LogP contribution is -2.43. The van der Waals surface area contributed by atoms with Crippen molar-refractivity contribution in [1.29, 1.82) is 0 Å². The van der Waals surface area contributed by atoms with Crippen LogP contribution in [0.1, 0.15) is 28.4 Å². The van der Waals surface area contributed by atoms with Crippen molar-refractivity contribution < 1.29 is 9.18 Å². The lowest BCUT2D eigenvalue weighted by molar-refractivity contribution is 0.192. The quantitative estimate of drug-likeness (QED) is 0.440.